The van der Waals surface area contributed by atoms with Crippen LogP contribution in [0.3, 0.4) is 0 Å². The van der Waals surface area contributed by atoms with Crippen LogP contribution in [0.5, 0.6) is 5.75 Å². The van der Waals surface area contributed by atoms with Crippen LogP contribution in [-0.4, -0.2) is 17.3 Å². The highest BCUT2D eigenvalue weighted by Crippen LogP contribution is 2.35. The number of aromatic carboxylic acids is 1. The molecule has 0 aromatic heterocycles. The fourth-order valence-electron chi connectivity index (χ4n) is 2.35. The molecule has 0 unspecified atom stereocenters. The Kier molecular flexibility index (Phi) is 6.42. The molecule has 0 aliphatic heterocycles. The van der Waals surface area contributed by atoms with Crippen LogP contribution >= 0.6 is 31.9 Å². The van der Waals surface area contributed by atoms with E-state index in [0.29, 0.717) is 12.4 Å². The number of carbonyl (C=O) groups is 1. The maximum Gasteiger partial charge on any atom is 0.335 e. The normalized spacial score (nSPS) is 10.9. The minimum absolute atomic E-state index is 0.253. The summed E-state index contributed by atoms with van der Waals surface area (Å²) in [7, 11) is 0. The van der Waals surface area contributed by atoms with E-state index < -0.39 is 5.97 Å². The lowest BCUT2D eigenvalue weighted by Crippen LogP contribution is -2.00. The van der Waals surface area contributed by atoms with Gasteiger partial charge in [0.25, 0.3) is 0 Å². The van der Waals surface area contributed by atoms with Gasteiger partial charge in [-0.1, -0.05) is 30.3 Å². The second-order valence-corrected chi connectivity index (χ2v) is 7.41. The van der Waals surface area contributed by atoms with Crippen LogP contribution in [0.1, 0.15) is 21.5 Å². The average Bonchev–Trinajstić information content (AvgIpc) is 2.67. The summed E-state index contributed by atoms with van der Waals surface area (Å²) in [6.45, 7) is 0.328. The van der Waals surface area contributed by atoms with Gasteiger partial charge in [-0.25, -0.2) is 4.79 Å². The summed E-state index contributed by atoms with van der Waals surface area (Å²) in [4.78, 5) is 15.4. The van der Waals surface area contributed by atoms with E-state index in [4.69, 9.17) is 9.84 Å². The molecule has 4 nitrogen and oxygen atoms in total. The summed E-state index contributed by atoms with van der Waals surface area (Å²) < 4.78 is 7.49. The number of rotatable bonds is 6. The first-order chi connectivity index (χ1) is 13.0. The van der Waals surface area contributed by atoms with E-state index in [2.05, 4.69) is 36.9 Å². The number of carboxylic acids is 1. The van der Waals surface area contributed by atoms with Crippen molar-refractivity contribution >= 4 is 49.7 Å². The SMILES string of the molecule is O=C(O)c1ccc(COc2c(Br)cc(C=Nc3ccccc3)cc2Br)cc1. The van der Waals surface area contributed by atoms with Crippen molar-refractivity contribution in [3.05, 3.63) is 92.4 Å². The maximum absolute atomic E-state index is 10.9. The Labute approximate surface area is 173 Å². The molecule has 0 atom stereocenters. The van der Waals surface area contributed by atoms with Gasteiger partial charge < -0.3 is 9.84 Å². The highest BCUT2D eigenvalue weighted by molar-refractivity contribution is 9.11. The zero-order valence-electron chi connectivity index (χ0n) is 14.1. The van der Waals surface area contributed by atoms with E-state index in [0.717, 1.165) is 25.8 Å². The van der Waals surface area contributed by atoms with Crippen molar-refractivity contribution in [2.45, 2.75) is 6.61 Å². The average molecular weight is 489 g/mol. The largest absolute Gasteiger partial charge is 0.487 e. The first-order valence-electron chi connectivity index (χ1n) is 8.06. The number of benzene rings is 3. The van der Waals surface area contributed by atoms with Crippen LogP contribution in [-0.2, 0) is 6.61 Å². The Balaban J connectivity index is 1.71. The van der Waals surface area contributed by atoms with Crippen LogP contribution in [0, 0.1) is 0 Å². The number of halogens is 2. The highest BCUT2D eigenvalue weighted by atomic mass is 79.9. The molecule has 3 aromatic carbocycles. The molecule has 27 heavy (non-hydrogen) atoms. The van der Waals surface area contributed by atoms with Crippen LogP contribution < -0.4 is 4.74 Å². The van der Waals surface area contributed by atoms with Crippen LogP contribution in [0.15, 0.2) is 80.7 Å². The molecule has 0 saturated heterocycles. The predicted molar refractivity (Wildman–Crippen MR) is 113 cm³/mol. The number of nitrogens with zero attached hydrogens (tertiary/aromatic N) is 1. The van der Waals surface area contributed by atoms with Crippen LogP contribution in [0.2, 0.25) is 0 Å². The molecular weight excluding hydrogens is 474 g/mol. The number of hydrogen-bond donors (Lipinski definition) is 1. The molecule has 0 aliphatic rings. The summed E-state index contributed by atoms with van der Waals surface area (Å²) in [6.07, 6.45) is 1.79. The third kappa shape index (κ3) is 5.28. The van der Waals surface area contributed by atoms with E-state index in [1.54, 1.807) is 30.5 Å². The van der Waals surface area contributed by atoms with Gasteiger partial charge in [-0.2, -0.15) is 0 Å². The first-order valence-corrected chi connectivity index (χ1v) is 9.65. The number of ether oxygens (including phenoxy) is 1. The van der Waals surface area contributed by atoms with Crippen molar-refractivity contribution < 1.29 is 14.6 Å². The van der Waals surface area contributed by atoms with Gasteiger partial charge in [0.2, 0.25) is 0 Å². The Bertz CT molecular complexity index is 947. The second-order valence-electron chi connectivity index (χ2n) is 5.70. The zero-order valence-corrected chi connectivity index (χ0v) is 17.3. The fourth-order valence-corrected chi connectivity index (χ4v) is 3.80. The van der Waals surface area contributed by atoms with Gasteiger partial charge in [0.1, 0.15) is 12.4 Å². The summed E-state index contributed by atoms with van der Waals surface area (Å²) in [5.41, 5.74) is 2.95. The van der Waals surface area contributed by atoms with Gasteiger partial charge in [-0.3, -0.25) is 4.99 Å². The van der Waals surface area contributed by atoms with Crippen molar-refractivity contribution in [1.82, 2.24) is 0 Å². The summed E-state index contributed by atoms with van der Waals surface area (Å²) in [6, 6.07) is 20.2. The molecule has 1 N–H and O–H groups in total. The predicted octanol–water partition coefficient (Wildman–Crippen LogP) is 6.24. The van der Waals surface area contributed by atoms with Crippen LogP contribution in [0.25, 0.3) is 0 Å². The summed E-state index contributed by atoms with van der Waals surface area (Å²) >= 11 is 7.07. The molecule has 0 aliphatic carbocycles. The third-order valence-corrected chi connectivity index (χ3v) is 4.90. The van der Waals surface area contributed by atoms with E-state index in [1.807, 2.05) is 42.5 Å². The maximum atomic E-state index is 10.9. The second kappa shape index (κ2) is 8.97. The van der Waals surface area contributed by atoms with Crippen molar-refractivity contribution in [2.24, 2.45) is 4.99 Å². The topological polar surface area (TPSA) is 58.9 Å². The third-order valence-electron chi connectivity index (χ3n) is 3.72. The molecule has 136 valence electrons. The van der Waals surface area contributed by atoms with Gasteiger partial charge >= 0.3 is 5.97 Å². The molecular formula is C21H15Br2NO3. The number of para-hydroxylation sites is 1. The molecule has 0 radical (unpaired) electrons. The summed E-state index contributed by atoms with van der Waals surface area (Å²) in [5, 5.41) is 8.94. The van der Waals surface area contributed by atoms with Crippen molar-refractivity contribution in [1.29, 1.82) is 0 Å². The Morgan fingerprint density at radius 1 is 1.00 bits per heavy atom. The first kappa shape index (κ1) is 19.3. The van der Waals surface area contributed by atoms with Gasteiger partial charge in [-0.05, 0) is 79.4 Å². The molecule has 0 bridgehead atoms. The minimum Gasteiger partial charge on any atom is -0.487 e. The quantitative estimate of drug-likeness (QED) is 0.418. The Morgan fingerprint density at radius 2 is 1.63 bits per heavy atom. The molecule has 6 heteroatoms. The lowest BCUT2D eigenvalue weighted by Gasteiger charge is -2.11. The van der Waals surface area contributed by atoms with Crippen LogP contribution in [0.4, 0.5) is 5.69 Å². The highest BCUT2D eigenvalue weighted by Gasteiger charge is 2.09. The molecule has 0 spiro atoms. The molecule has 0 heterocycles. The Morgan fingerprint density at radius 3 is 2.22 bits per heavy atom. The lowest BCUT2D eigenvalue weighted by molar-refractivity contribution is 0.0697. The van der Waals surface area contributed by atoms with E-state index in [1.165, 1.54) is 0 Å². The minimum atomic E-state index is -0.944. The van der Waals surface area contributed by atoms with Crippen molar-refractivity contribution in [3.8, 4) is 5.75 Å². The standard InChI is InChI=1S/C21H15Br2NO3/c22-18-10-15(12-24-17-4-2-1-3-5-17)11-19(23)20(18)27-13-14-6-8-16(9-7-14)21(25)26/h1-12H,13H2,(H,25,26). The summed E-state index contributed by atoms with van der Waals surface area (Å²) in [5.74, 6) is -0.269. The molecule has 0 fully saturated rings. The number of aliphatic imine (C=N–C) groups is 1. The Hall–Kier alpha value is -2.44. The van der Waals surface area contributed by atoms with Gasteiger partial charge in [-0.15, -0.1) is 0 Å². The zero-order chi connectivity index (χ0) is 19.2. The van der Waals surface area contributed by atoms with E-state index >= 15 is 0 Å². The molecule has 3 aromatic rings. The monoisotopic (exact) mass is 487 g/mol. The van der Waals surface area contributed by atoms with Crippen molar-refractivity contribution in [2.75, 3.05) is 0 Å². The van der Waals surface area contributed by atoms with E-state index in [9.17, 15) is 4.79 Å². The van der Waals surface area contributed by atoms with E-state index in [-0.39, 0.29) is 5.56 Å². The number of carboxylic acid groups (broad SMARTS) is 1. The number of hydrogen-bond acceptors (Lipinski definition) is 3. The van der Waals surface area contributed by atoms with Gasteiger partial charge in [0.15, 0.2) is 0 Å². The molecule has 0 saturated carbocycles. The fraction of sp³-hybridized carbons (Fsp3) is 0.0476. The molecule has 3 rings (SSSR count). The van der Waals surface area contributed by atoms with Crippen molar-refractivity contribution in [3.63, 3.8) is 0 Å². The van der Waals surface area contributed by atoms with Gasteiger partial charge in [0, 0.05) is 6.21 Å². The molecule has 0 amide bonds. The lowest BCUT2D eigenvalue weighted by atomic mass is 10.1. The smallest absolute Gasteiger partial charge is 0.335 e. The van der Waals surface area contributed by atoms with Gasteiger partial charge in [0.05, 0.1) is 20.2 Å².